The van der Waals surface area contributed by atoms with Gasteiger partial charge < -0.3 is 14.2 Å². The average Bonchev–Trinajstić information content (AvgIpc) is 2.81. The lowest BCUT2D eigenvalue weighted by Crippen LogP contribution is -2.17. The first-order valence-corrected chi connectivity index (χ1v) is 6.43. The highest BCUT2D eigenvalue weighted by molar-refractivity contribution is 5.45. The van der Waals surface area contributed by atoms with E-state index in [1.54, 1.807) is 7.11 Å². The van der Waals surface area contributed by atoms with Crippen LogP contribution in [0.15, 0.2) is 18.2 Å². The van der Waals surface area contributed by atoms with E-state index in [9.17, 15) is 0 Å². The van der Waals surface area contributed by atoms with Crippen LogP contribution in [-0.2, 0) is 10.2 Å². The SMILES string of the molecule is COc1cc(C(C)(C)C)ccc1OC1CCOC1. The molecule has 0 amide bonds. The molecule has 18 heavy (non-hydrogen) atoms. The topological polar surface area (TPSA) is 27.7 Å². The quantitative estimate of drug-likeness (QED) is 0.824. The van der Waals surface area contributed by atoms with Crippen LogP contribution in [0.5, 0.6) is 11.5 Å². The van der Waals surface area contributed by atoms with Crippen molar-refractivity contribution in [2.75, 3.05) is 20.3 Å². The van der Waals surface area contributed by atoms with Gasteiger partial charge >= 0.3 is 0 Å². The number of rotatable bonds is 3. The predicted octanol–water partition coefficient (Wildman–Crippen LogP) is 3.16. The predicted molar refractivity (Wildman–Crippen MR) is 71.5 cm³/mol. The van der Waals surface area contributed by atoms with Crippen LogP contribution < -0.4 is 9.47 Å². The molecule has 1 aliphatic heterocycles. The van der Waals surface area contributed by atoms with Gasteiger partial charge in [0.25, 0.3) is 0 Å². The molecule has 1 heterocycles. The van der Waals surface area contributed by atoms with Crippen LogP contribution in [0.4, 0.5) is 0 Å². The van der Waals surface area contributed by atoms with Gasteiger partial charge in [0.2, 0.25) is 0 Å². The highest BCUT2D eigenvalue weighted by atomic mass is 16.6. The summed E-state index contributed by atoms with van der Waals surface area (Å²) in [5.74, 6) is 1.61. The van der Waals surface area contributed by atoms with Gasteiger partial charge in [0.1, 0.15) is 6.10 Å². The molecule has 0 saturated carbocycles. The molecule has 0 N–H and O–H groups in total. The van der Waals surface area contributed by atoms with Crippen molar-refractivity contribution in [3.05, 3.63) is 23.8 Å². The molecular weight excluding hydrogens is 228 g/mol. The lowest BCUT2D eigenvalue weighted by atomic mass is 9.87. The lowest BCUT2D eigenvalue weighted by Gasteiger charge is -2.22. The molecule has 1 aromatic rings. The van der Waals surface area contributed by atoms with Gasteiger partial charge in [-0.2, -0.15) is 0 Å². The Kier molecular flexibility index (Phi) is 3.81. The molecule has 1 fully saturated rings. The highest BCUT2D eigenvalue weighted by Crippen LogP contribution is 2.34. The van der Waals surface area contributed by atoms with Gasteiger partial charge in [0.15, 0.2) is 11.5 Å². The summed E-state index contributed by atoms with van der Waals surface area (Å²) in [6.45, 7) is 8.02. The van der Waals surface area contributed by atoms with Gasteiger partial charge in [-0.25, -0.2) is 0 Å². The van der Waals surface area contributed by atoms with Crippen molar-refractivity contribution < 1.29 is 14.2 Å². The van der Waals surface area contributed by atoms with Crippen molar-refractivity contribution >= 4 is 0 Å². The summed E-state index contributed by atoms with van der Waals surface area (Å²) in [5, 5.41) is 0. The van der Waals surface area contributed by atoms with Crippen molar-refractivity contribution in [2.45, 2.75) is 38.7 Å². The van der Waals surface area contributed by atoms with Gasteiger partial charge in [0.05, 0.1) is 20.3 Å². The molecule has 3 nitrogen and oxygen atoms in total. The molecule has 0 aliphatic carbocycles. The molecule has 1 aromatic carbocycles. The Morgan fingerprint density at radius 1 is 1.22 bits per heavy atom. The van der Waals surface area contributed by atoms with E-state index in [2.05, 4.69) is 32.9 Å². The van der Waals surface area contributed by atoms with Crippen LogP contribution >= 0.6 is 0 Å². The Morgan fingerprint density at radius 3 is 2.56 bits per heavy atom. The Hall–Kier alpha value is -1.22. The molecule has 0 bridgehead atoms. The van der Waals surface area contributed by atoms with Crippen molar-refractivity contribution in [1.29, 1.82) is 0 Å². The summed E-state index contributed by atoms with van der Waals surface area (Å²) in [6.07, 6.45) is 1.10. The minimum Gasteiger partial charge on any atom is -0.493 e. The fourth-order valence-electron chi connectivity index (χ4n) is 2.02. The van der Waals surface area contributed by atoms with E-state index >= 15 is 0 Å². The monoisotopic (exact) mass is 250 g/mol. The maximum absolute atomic E-state index is 5.91. The maximum atomic E-state index is 5.91. The van der Waals surface area contributed by atoms with Crippen LogP contribution in [0.1, 0.15) is 32.8 Å². The van der Waals surface area contributed by atoms with Gasteiger partial charge in [-0.15, -0.1) is 0 Å². The maximum Gasteiger partial charge on any atom is 0.161 e. The van der Waals surface area contributed by atoms with Crippen LogP contribution in [0.25, 0.3) is 0 Å². The third kappa shape index (κ3) is 2.96. The molecule has 0 spiro atoms. The molecule has 1 atom stereocenters. The summed E-state index contributed by atoms with van der Waals surface area (Å²) in [4.78, 5) is 0. The smallest absolute Gasteiger partial charge is 0.161 e. The van der Waals surface area contributed by atoms with Crippen molar-refractivity contribution in [1.82, 2.24) is 0 Å². The van der Waals surface area contributed by atoms with Crippen LogP contribution in [0.2, 0.25) is 0 Å². The Balaban J connectivity index is 2.20. The molecule has 1 saturated heterocycles. The average molecular weight is 250 g/mol. The van der Waals surface area contributed by atoms with Crippen molar-refractivity contribution in [2.24, 2.45) is 0 Å². The van der Waals surface area contributed by atoms with Gasteiger partial charge in [-0.3, -0.25) is 0 Å². The zero-order chi connectivity index (χ0) is 13.2. The Bertz CT molecular complexity index is 401. The zero-order valence-corrected chi connectivity index (χ0v) is 11.7. The van der Waals surface area contributed by atoms with Crippen molar-refractivity contribution in [3.8, 4) is 11.5 Å². The van der Waals surface area contributed by atoms with Crippen LogP contribution in [0.3, 0.4) is 0 Å². The Morgan fingerprint density at radius 2 is 2.00 bits per heavy atom. The summed E-state index contributed by atoms with van der Waals surface area (Å²) >= 11 is 0. The van der Waals surface area contributed by atoms with Gasteiger partial charge in [0, 0.05) is 6.42 Å². The first kappa shape index (κ1) is 13.2. The van der Waals surface area contributed by atoms with Crippen molar-refractivity contribution in [3.63, 3.8) is 0 Å². The largest absolute Gasteiger partial charge is 0.493 e. The minimum atomic E-state index is 0.113. The zero-order valence-electron chi connectivity index (χ0n) is 11.7. The molecule has 100 valence electrons. The summed E-state index contributed by atoms with van der Waals surface area (Å²) in [6, 6.07) is 6.16. The molecule has 0 radical (unpaired) electrons. The third-order valence-electron chi connectivity index (χ3n) is 3.21. The van der Waals surface area contributed by atoms with E-state index in [-0.39, 0.29) is 11.5 Å². The van der Waals surface area contributed by atoms with Gasteiger partial charge in [-0.1, -0.05) is 26.8 Å². The number of benzene rings is 1. The summed E-state index contributed by atoms with van der Waals surface area (Å²) < 4.78 is 16.7. The fraction of sp³-hybridized carbons (Fsp3) is 0.600. The second-order valence-electron chi connectivity index (χ2n) is 5.72. The standard InChI is InChI=1S/C15H22O3/c1-15(2,3)11-5-6-13(14(9-11)16-4)18-12-7-8-17-10-12/h5-6,9,12H,7-8,10H2,1-4H3. The molecule has 0 aromatic heterocycles. The first-order chi connectivity index (χ1) is 8.50. The van der Waals surface area contributed by atoms with E-state index in [1.165, 1.54) is 5.56 Å². The molecule has 3 heteroatoms. The Labute approximate surface area is 109 Å². The second-order valence-corrected chi connectivity index (χ2v) is 5.72. The number of methoxy groups -OCH3 is 1. The molecule has 2 rings (SSSR count). The lowest BCUT2D eigenvalue weighted by molar-refractivity contribution is 0.138. The first-order valence-electron chi connectivity index (χ1n) is 6.43. The van der Waals surface area contributed by atoms with Crippen LogP contribution in [0, 0.1) is 0 Å². The van der Waals surface area contributed by atoms with E-state index in [1.807, 2.05) is 6.07 Å². The van der Waals surface area contributed by atoms with E-state index in [0.717, 1.165) is 24.5 Å². The van der Waals surface area contributed by atoms with Crippen LogP contribution in [-0.4, -0.2) is 26.4 Å². The summed E-state index contributed by atoms with van der Waals surface area (Å²) in [5.41, 5.74) is 1.36. The van der Waals surface area contributed by atoms with Gasteiger partial charge in [-0.05, 0) is 23.1 Å². The van der Waals surface area contributed by atoms with E-state index in [0.29, 0.717) is 6.61 Å². The summed E-state index contributed by atoms with van der Waals surface area (Å²) in [7, 11) is 1.68. The normalized spacial score (nSPS) is 19.9. The fourth-order valence-corrected chi connectivity index (χ4v) is 2.02. The molecular formula is C15H22O3. The molecule has 1 aliphatic rings. The minimum absolute atomic E-state index is 0.113. The van der Waals surface area contributed by atoms with E-state index in [4.69, 9.17) is 14.2 Å². The second kappa shape index (κ2) is 5.19. The third-order valence-corrected chi connectivity index (χ3v) is 3.21. The highest BCUT2D eigenvalue weighted by Gasteiger charge is 2.21. The number of ether oxygens (including phenoxy) is 3. The number of hydrogen-bond donors (Lipinski definition) is 0. The molecule has 1 unspecified atom stereocenters. The van der Waals surface area contributed by atoms with E-state index < -0.39 is 0 Å². The number of hydrogen-bond acceptors (Lipinski definition) is 3.